The predicted molar refractivity (Wildman–Crippen MR) is 93.1 cm³/mol. The number of hydrogen-bond donors (Lipinski definition) is 1. The van der Waals surface area contributed by atoms with Crippen molar-refractivity contribution < 1.29 is 27.6 Å². The van der Waals surface area contributed by atoms with Gasteiger partial charge in [-0.15, -0.1) is 0 Å². The Kier molecular flexibility index (Phi) is 6.33. The summed E-state index contributed by atoms with van der Waals surface area (Å²) < 4.78 is 39.8. The third kappa shape index (κ3) is 4.72. The van der Waals surface area contributed by atoms with E-state index in [4.69, 9.17) is 0 Å². The molecule has 0 aliphatic heterocycles. The van der Waals surface area contributed by atoms with Crippen molar-refractivity contribution in [1.82, 2.24) is 5.32 Å². The van der Waals surface area contributed by atoms with Crippen LogP contribution in [0.5, 0.6) is 0 Å². The molecule has 0 unspecified atom stereocenters. The molecular formula is C19H17F3N2O3. The average Bonchev–Trinajstić information content (AvgIpc) is 2.63. The second-order valence-corrected chi connectivity index (χ2v) is 5.76. The van der Waals surface area contributed by atoms with E-state index in [-0.39, 0.29) is 24.8 Å². The topological polar surface area (TPSA) is 66.5 Å². The smallest absolute Gasteiger partial charge is 0.254 e. The molecule has 0 saturated carbocycles. The SMILES string of the molecule is CC(=O)c1cccc(N(CCNC(=O)c2ccc(F)c(F)c2F)C(C)=O)c1. The Bertz CT molecular complexity index is 900. The Morgan fingerprint density at radius 1 is 1.00 bits per heavy atom. The Hall–Kier alpha value is -3.16. The monoisotopic (exact) mass is 378 g/mol. The fourth-order valence-corrected chi connectivity index (χ4v) is 2.44. The highest BCUT2D eigenvalue weighted by Gasteiger charge is 2.19. The van der Waals surface area contributed by atoms with Crippen molar-refractivity contribution in [2.45, 2.75) is 13.8 Å². The van der Waals surface area contributed by atoms with Gasteiger partial charge in [0.25, 0.3) is 5.91 Å². The van der Waals surface area contributed by atoms with Crippen LogP contribution in [0.1, 0.15) is 34.6 Å². The molecule has 0 saturated heterocycles. The maximum absolute atomic E-state index is 13.6. The zero-order valence-corrected chi connectivity index (χ0v) is 14.7. The lowest BCUT2D eigenvalue weighted by Gasteiger charge is -2.22. The summed E-state index contributed by atoms with van der Waals surface area (Å²) in [5, 5.41) is 2.35. The van der Waals surface area contributed by atoms with Crippen LogP contribution >= 0.6 is 0 Å². The predicted octanol–water partition coefficient (Wildman–Crippen LogP) is 3.09. The van der Waals surface area contributed by atoms with Crippen LogP contribution in [0.4, 0.5) is 18.9 Å². The highest BCUT2D eigenvalue weighted by atomic mass is 19.2. The van der Waals surface area contributed by atoms with E-state index in [1.165, 1.54) is 18.7 Å². The van der Waals surface area contributed by atoms with Crippen LogP contribution in [-0.2, 0) is 4.79 Å². The Morgan fingerprint density at radius 3 is 2.33 bits per heavy atom. The van der Waals surface area contributed by atoms with Gasteiger partial charge in [-0.3, -0.25) is 14.4 Å². The molecule has 2 aromatic rings. The lowest BCUT2D eigenvalue weighted by molar-refractivity contribution is -0.116. The first-order valence-electron chi connectivity index (χ1n) is 8.03. The van der Waals surface area contributed by atoms with E-state index in [0.717, 1.165) is 6.07 Å². The van der Waals surface area contributed by atoms with Gasteiger partial charge in [0, 0.05) is 31.3 Å². The lowest BCUT2D eigenvalue weighted by Crippen LogP contribution is -2.38. The number of nitrogens with zero attached hydrogens (tertiary/aromatic N) is 1. The summed E-state index contributed by atoms with van der Waals surface area (Å²) in [5.41, 5.74) is 0.247. The summed E-state index contributed by atoms with van der Waals surface area (Å²) in [4.78, 5) is 36.7. The van der Waals surface area contributed by atoms with E-state index in [1.54, 1.807) is 24.3 Å². The minimum Gasteiger partial charge on any atom is -0.350 e. The first-order chi connectivity index (χ1) is 12.7. The van der Waals surface area contributed by atoms with Gasteiger partial charge in [-0.25, -0.2) is 13.2 Å². The van der Waals surface area contributed by atoms with Crippen molar-refractivity contribution in [3.63, 3.8) is 0 Å². The van der Waals surface area contributed by atoms with Gasteiger partial charge in [0.1, 0.15) is 0 Å². The number of carbonyl (C=O) groups excluding carboxylic acids is 3. The molecule has 0 spiro atoms. The lowest BCUT2D eigenvalue weighted by atomic mass is 10.1. The van der Waals surface area contributed by atoms with Gasteiger partial charge < -0.3 is 10.2 Å². The molecule has 1 N–H and O–H groups in total. The number of Topliss-reactive ketones (excluding diaryl/α,β-unsaturated/α-hetero) is 1. The number of benzene rings is 2. The molecule has 142 valence electrons. The number of anilines is 1. The zero-order chi connectivity index (χ0) is 20.1. The van der Waals surface area contributed by atoms with Crippen LogP contribution in [0.25, 0.3) is 0 Å². The first kappa shape index (κ1) is 20.2. The van der Waals surface area contributed by atoms with E-state index in [2.05, 4.69) is 5.32 Å². The number of amides is 2. The zero-order valence-electron chi connectivity index (χ0n) is 14.7. The standard InChI is InChI=1S/C19H17F3N2O3/c1-11(25)13-4-3-5-14(10-13)24(12(2)26)9-8-23-19(27)15-6-7-16(20)18(22)17(15)21/h3-7,10H,8-9H2,1-2H3,(H,23,27). The van der Waals surface area contributed by atoms with Gasteiger partial charge in [-0.2, -0.15) is 0 Å². The van der Waals surface area contributed by atoms with Crippen LogP contribution in [0.3, 0.4) is 0 Å². The summed E-state index contributed by atoms with van der Waals surface area (Å²) in [5.74, 6) is -6.13. The molecule has 0 radical (unpaired) electrons. The number of ketones is 1. The van der Waals surface area contributed by atoms with Gasteiger partial charge >= 0.3 is 0 Å². The van der Waals surface area contributed by atoms with Gasteiger partial charge in [-0.1, -0.05) is 12.1 Å². The summed E-state index contributed by atoms with van der Waals surface area (Å²) in [6.45, 7) is 2.68. The Labute approximate surface area is 153 Å². The van der Waals surface area contributed by atoms with E-state index in [1.807, 2.05) is 0 Å². The van der Waals surface area contributed by atoms with Gasteiger partial charge in [0.15, 0.2) is 23.2 Å². The second kappa shape index (κ2) is 8.48. The molecule has 5 nitrogen and oxygen atoms in total. The Balaban J connectivity index is 2.08. The van der Waals surface area contributed by atoms with E-state index < -0.39 is 28.9 Å². The first-order valence-corrected chi connectivity index (χ1v) is 8.03. The second-order valence-electron chi connectivity index (χ2n) is 5.76. The van der Waals surface area contributed by atoms with Gasteiger partial charge in [0.05, 0.1) is 5.56 Å². The molecule has 27 heavy (non-hydrogen) atoms. The molecular weight excluding hydrogens is 361 g/mol. The van der Waals surface area contributed by atoms with Gasteiger partial charge in [0.2, 0.25) is 5.91 Å². The van der Waals surface area contributed by atoms with Crippen molar-refractivity contribution in [2.75, 3.05) is 18.0 Å². The third-order valence-electron chi connectivity index (χ3n) is 3.85. The highest BCUT2D eigenvalue weighted by Crippen LogP contribution is 2.17. The van der Waals surface area contributed by atoms with Crippen LogP contribution in [-0.4, -0.2) is 30.7 Å². The maximum atomic E-state index is 13.6. The Morgan fingerprint density at radius 2 is 1.70 bits per heavy atom. The highest BCUT2D eigenvalue weighted by molar-refractivity contribution is 5.97. The molecule has 2 rings (SSSR count). The quantitative estimate of drug-likeness (QED) is 0.621. The molecule has 2 aromatic carbocycles. The molecule has 0 bridgehead atoms. The van der Waals surface area contributed by atoms with Crippen LogP contribution in [0.15, 0.2) is 36.4 Å². The normalized spacial score (nSPS) is 10.4. The summed E-state index contributed by atoms with van der Waals surface area (Å²) in [6.07, 6.45) is 0. The molecule has 2 amide bonds. The largest absolute Gasteiger partial charge is 0.350 e. The van der Waals surface area contributed by atoms with Crippen LogP contribution < -0.4 is 10.2 Å². The number of nitrogens with one attached hydrogen (secondary N) is 1. The fourth-order valence-electron chi connectivity index (χ4n) is 2.44. The van der Waals surface area contributed by atoms with Crippen molar-refractivity contribution in [3.8, 4) is 0 Å². The van der Waals surface area contributed by atoms with Crippen molar-refractivity contribution in [1.29, 1.82) is 0 Å². The molecule has 0 heterocycles. The summed E-state index contributed by atoms with van der Waals surface area (Å²) in [7, 11) is 0. The van der Waals surface area contributed by atoms with E-state index >= 15 is 0 Å². The molecule has 0 aliphatic carbocycles. The van der Waals surface area contributed by atoms with Gasteiger partial charge in [-0.05, 0) is 31.2 Å². The third-order valence-corrected chi connectivity index (χ3v) is 3.85. The fraction of sp³-hybridized carbons (Fsp3) is 0.211. The molecule has 8 heteroatoms. The summed E-state index contributed by atoms with van der Waals surface area (Å²) >= 11 is 0. The van der Waals surface area contributed by atoms with Crippen molar-refractivity contribution >= 4 is 23.3 Å². The summed E-state index contributed by atoms with van der Waals surface area (Å²) in [6, 6.07) is 7.89. The van der Waals surface area contributed by atoms with E-state index in [0.29, 0.717) is 17.3 Å². The molecule has 0 aromatic heterocycles. The molecule has 0 aliphatic rings. The minimum atomic E-state index is -1.73. The number of hydrogen-bond acceptors (Lipinski definition) is 3. The number of carbonyl (C=O) groups is 3. The maximum Gasteiger partial charge on any atom is 0.254 e. The minimum absolute atomic E-state index is 0.0354. The van der Waals surface area contributed by atoms with E-state index in [9.17, 15) is 27.6 Å². The molecule has 0 atom stereocenters. The van der Waals surface area contributed by atoms with Crippen LogP contribution in [0, 0.1) is 17.5 Å². The number of halogens is 3. The van der Waals surface area contributed by atoms with Crippen molar-refractivity contribution in [2.24, 2.45) is 0 Å². The van der Waals surface area contributed by atoms with Crippen LogP contribution in [0.2, 0.25) is 0 Å². The number of rotatable bonds is 6. The molecule has 0 fully saturated rings. The van der Waals surface area contributed by atoms with Crippen molar-refractivity contribution in [3.05, 3.63) is 65.0 Å². The average molecular weight is 378 g/mol.